The Labute approximate surface area is 186 Å². The molecule has 4 heterocycles. The van der Waals surface area contributed by atoms with Crippen LogP contribution in [-0.4, -0.2) is 62.2 Å². The van der Waals surface area contributed by atoms with Crippen LogP contribution in [0.3, 0.4) is 0 Å². The van der Waals surface area contributed by atoms with Crippen LogP contribution in [0.25, 0.3) is 16.6 Å². The third-order valence-electron chi connectivity index (χ3n) is 6.03. The van der Waals surface area contributed by atoms with Crippen LogP contribution >= 0.6 is 0 Å². The van der Waals surface area contributed by atoms with Gasteiger partial charge in [0.25, 0.3) is 5.56 Å². The third-order valence-corrected chi connectivity index (χ3v) is 6.03. The summed E-state index contributed by atoms with van der Waals surface area (Å²) in [6, 6.07) is 15.7. The minimum Gasteiger partial charge on any atom is -0.354 e. The number of nitrogens with zero attached hydrogens (tertiary/aromatic N) is 7. The number of anilines is 1. The maximum atomic E-state index is 12.4. The van der Waals surface area contributed by atoms with E-state index in [-0.39, 0.29) is 5.56 Å². The Kier molecular flexibility index (Phi) is 5.45. The Bertz CT molecular complexity index is 1300. The zero-order valence-electron chi connectivity index (χ0n) is 18.5. The van der Waals surface area contributed by atoms with E-state index in [1.54, 1.807) is 21.5 Å². The number of rotatable bonds is 5. The second-order valence-corrected chi connectivity index (χ2v) is 8.28. The quantitative estimate of drug-likeness (QED) is 0.485. The van der Waals surface area contributed by atoms with E-state index in [0.717, 1.165) is 49.9 Å². The predicted octanol–water partition coefficient (Wildman–Crippen LogP) is 2.42. The van der Waals surface area contributed by atoms with E-state index < -0.39 is 0 Å². The number of pyridine rings is 1. The number of aromatic nitrogens is 5. The van der Waals surface area contributed by atoms with Crippen LogP contribution in [-0.2, 0) is 6.54 Å². The lowest BCUT2D eigenvalue weighted by Gasteiger charge is -2.35. The van der Waals surface area contributed by atoms with Crippen LogP contribution in [0.2, 0.25) is 0 Å². The van der Waals surface area contributed by atoms with E-state index in [9.17, 15) is 4.79 Å². The summed E-state index contributed by atoms with van der Waals surface area (Å²) in [7, 11) is 0. The Morgan fingerprint density at radius 2 is 1.72 bits per heavy atom. The van der Waals surface area contributed by atoms with Crippen molar-refractivity contribution in [1.29, 1.82) is 0 Å². The number of fused-ring (bicyclic) bond motifs is 1. The summed E-state index contributed by atoms with van der Waals surface area (Å²) in [5, 5.41) is 11.4. The molecule has 0 N–H and O–H groups in total. The molecule has 0 saturated carbocycles. The van der Waals surface area contributed by atoms with Crippen molar-refractivity contribution in [3.8, 4) is 5.82 Å². The van der Waals surface area contributed by atoms with Crippen molar-refractivity contribution in [1.82, 2.24) is 29.4 Å². The van der Waals surface area contributed by atoms with Crippen LogP contribution in [0.4, 0.5) is 5.82 Å². The van der Waals surface area contributed by atoms with Crippen molar-refractivity contribution in [2.45, 2.75) is 20.4 Å². The van der Waals surface area contributed by atoms with Gasteiger partial charge in [-0.2, -0.15) is 5.10 Å². The molecule has 3 aromatic heterocycles. The highest BCUT2D eigenvalue weighted by atomic mass is 16.1. The van der Waals surface area contributed by atoms with Crippen LogP contribution in [0.5, 0.6) is 0 Å². The lowest BCUT2D eigenvalue weighted by Crippen LogP contribution is -2.48. The Balaban J connectivity index is 1.24. The van der Waals surface area contributed by atoms with E-state index in [1.165, 1.54) is 10.8 Å². The smallest absolute Gasteiger partial charge is 0.266 e. The van der Waals surface area contributed by atoms with Crippen LogP contribution < -0.4 is 10.5 Å². The molecule has 0 spiro atoms. The molecule has 0 atom stereocenters. The van der Waals surface area contributed by atoms with Crippen molar-refractivity contribution in [3.05, 3.63) is 76.5 Å². The molecule has 32 heavy (non-hydrogen) atoms. The predicted molar refractivity (Wildman–Crippen MR) is 125 cm³/mol. The van der Waals surface area contributed by atoms with Gasteiger partial charge < -0.3 is 4.90 Å². The van der Waals surface area contributed by atoms with Gasteiger partial charge in [0.15, 0.2) is 5.82 Å². The van der Waals surface area contributed by atoms with Gasteiger partial charge in [0.1, 0.15) is 5.82 Å². The van der Waals surface area contributed by atoms with Crippen molar-refractivity contribution in [2.24, 2.45) is 0 Å². The fourth-order valence-electron chi connectivity index (χ4n) is 4.35. The minimum atomic E-state index is -0.0890. The summed E-state index contributed by atoms with van der Waals surface area (Å²) in [5.74, 6) is 1.72. The second-order valence-electron chi connectivity index (χ2n) is 8.28. The number of aryl methyl sites for hydroxylation is 2. The van der Waals surface area contributed by atoms with Gasteiger partial charge in [-0.25, -0.2) is 14.3 Å². The summed E-state index contributed by atoms with van der Waals surface area (Å²) in [5.41, 5.74) is 1.84. The Morgan fingerprint density at radius 3 is 2.50 bits per heavy atom. The van der Waals surface area contributed by atoms with E-state index >= 15 is 0 Å². The summed E-state index contributed by atoms with van der Waals surface area (Å²) < 4.78 is 3.33. The molecule has 1 aliphatic heterocycles. The summed E-state index contributed by atoms with van der Waals surface area (Å²) in [6.45, 7) is 8.95. The average Bonchev–Trinajstić information content (AvgIpc) is 3.16. The highest BCUT2D eigenvalue weighted by Crippen LogP contribution is 2.24. The fraction of sp³-hybridized carbons (Fsp3) is 0.333. The van der Waals surface area contributed by atoms with Crippen LogP contribution in [0.1, 0.15) is 11.4 Å². The molecule has 8 heteroatoms. The van der Waals surface area contributed by atoms with E-state index in [4.69, 9.17) is 0 Å². The monoisotopic (exact) mass is 429 g/mol. The molecule has 1 saturated heterocycles. The molecule has 5 rings (SSSR count). The number of hydrogen-bond donors (Lipinski definition) is 0. The molecule has 164 valence electrons. The first-order valence-electron chi connectivity index (χ1n) is 11.0. The fourth-order valence-corrected chi connectivity index (χ4v) is 4.35. The number of hydrogen-bond acceptors (Lipinski definition) is 6. The lowest BCUT2D eigenvalue weighted by molar-refractivity contribution is 0.242. The third kappa shape index (κ3) is 4.01. The molecule has 0 unspecified atom stereocenters. The molecule has 1 fully saturated rings. The second kappa shape index (κ2) is 8.55. The molecule has 0 bridgehead atoms. The van der Waals surface area contributed by atoms with Crippen LogP contribution in [0, 0.1) is 13.8 Å². The van der Waals surface area contributed by atoms with Gasteiger partial charge in [-0.1, -0.05) is 24.3 Å². The molecule has 1 aliphatic rings. The molecular formula is C24H27N7O. The standard InChI is InChI=1S/C24H27N7O/c1-18-17-19(2)31(26-18)22-7-8-23(32)30(27-22)16-13-28-11-14-29(15-12-28)24-21-6-4-3-5-20(21)9-10-25-24/h3-10,17H,11-16H2,1-2H3. The van der Waals surface area contributed by atoms with Crippen molar-refractivity contribution < 1.29 is 0 Å². The molecule has 4 aromatic rings. The first kappa shape index (κ1) is 20.4. The summed E-state index contributed by atoms with van der Waals surface area (Å²) in [6.07, 6.45) is 1.89. The van der Waals surface area contributed by atoms with Gasteiger partial charge in [-0.05, 0) is 37.4 Å². The van der Waals surface area contributed by atoms with Crippen molar-refractivity contribution in [3.63, 3.8) is 0 Å². The Morgan fingerprint density at radius 1 is 0.906 bits per heavy atom. The van der Waals surface area contributed by atoms with Crippen LogP contribution in [0.15, 0.2) is 59.5 Å². The Hall–Kier alpha value is -3.52. The first-order chi connectivity index (χ1) is 15.6. The average molecular weight is 430 g/mol. The largest absolute Gasteiger partial charge is 0.354 e. The normalized spacial score (nSPS) is 14.9. The zero-order valence-corrected chi connectivity index (χ0v) is 18.5. The maximum absolute atomic E-state index is 12.4. The van der Waals surface area contributed by atoms with Crippen molar-refractivity contribution >= 4 is 16.6 Å². The number of piperazine rings is 1. The van der Waals surface area contributed by atoms with E-state index in [1.807, 2.05) is 26.1 Å². The molecule has 0 amide bonds. The summed E-state index contributed by atoms with van der Waals surface area (Å²) >= 11 is 0. The SMILES string of the molecule is Cc1cc(C)n(-c2ccc(=O)n(CCN3CCN(c4nccc5ccccc45)CC3)n2)n1. The van der Waals surface area contributed by atoms with E-state index in [0.29, 0.717) is 12.4 Å². The minimum absolute atomic E-state index is 0.0890. The topological polar surface area (TPSA) is 72.1 Å². The summed E-state index contributed by atoms with van der Waals surface area (Å²) in [4.78, 5) is 21.7. The van der Waals surface area contributed by atoms with Gasteiger partial charge in [0.2, 0.25) is 0 Å². The number of benzene rings is 1. The van der Waals surface area contributed by atoms with Crippen molar-refractivity contribution in [2.75, 3.05) is 37.6 Å². The van der Waals surface area contributed by atoms with Gasteiger partial charge in [-0.15, -0.1) is 5.10 Å². The molecule has 1 aromatic carbocycles. The lowest BCUT2D eigenvalue weighted by atomic mass is 10.1. The highest BCUT2D eigenvalue weighted by Gasteiger charge is 2.19. The van der Waals surface area contributed by atoms with E-state index in [2.05, 4.69) is 55.3 Å². The maximum Gasteiger partial charge on any atom is 0.266 e. The zero-order chi connectivity index (χ0) is 22.1. The molecule has 0 aliphatic carbocycles. The van der Waals surface area contributed by atoms with Gasteiger partial charge in [0, 0.05) is 56.1 Å². The van der Waals surface area contributed by atoms with Gasteiger partial charge in [0.05, 0.1) is 12.2 Å². The first-order valence-corrected chi connectivity index (χ1v) is 11.0. The van der Waals surface area contributed by atoms with Gasteiger partial charge >= 0.3 is 0 Å². The molecule has 8 nitrogen and oxygen atoms in total. The highest BCUT2D eigenvalue weighted by molar-refractivity contribution is 5.92. The van der Waals surface area contributed by atoms with Gasteiger partial charge in [-0.3, -0.25) is 9.69 Å². The molecular weight excluding hydrogens is 402 g/mol. The molecule has 0 radical (unpaired) electrons.